The minimum absolute atomic E-state index is 0.0985. The van der Waals surface area contributed by atoms with Gasteiger partial charge in [0.15, 0.2) is 0 Å². The van der Waals surface area contributed by atoms with Gasteiger partial charge in [0.25, 0.3) is 0 Å². The van der Waals surface area contributed by atoms with E-state index in [1.165, 1.54) is 29.8 Å². The molecule has 3 heterocycles. The summed E-state index contributed by atoms with van der Waals surface area (Å²) in [5.41, 5.74) is 2.09. The molecule has 1 aliphatic carbocycles. The van der Waals surface area contributed by atoms with Gasteiger partial charge in [0, 0.05) is 31.4 Å². The number of hydrogen-bond donors (Lipinski definition) is 0. The minimum atomic E-state index is -0.0985. The lowest BCUT2D eigenvalue weighted by molar-refractivity contribution is -0.113. The number of anilines is 1. The van der Waals surface area contributed by atoms with Crippen LogP contribution in [0.5, 0.6) is 0 Å². The molecule has 106 valence electrons. The molecule has 0 aromatic heterocycles. The first-order valence-electron chi connectivity index (χ1n) is 7.78. The van der Waals surface area contributed by atoms with Gasteiger partial charge in [0.2, 0.25) is 13.9 Å². The van der Waals surface area contributed by atoms with E-state index in [4.69, 9.17) is 7.98 Å². The first kappa shape index (κ1) is 13.1. The van der Waals surface area contributed by atoms with E-state index in [2.05, 4.69) is 4.90 Å². The molecule has 1 aromatic carbocycles. The van der Waals surface area contributed by atoms with Crippen molar-refractivity contribution in [3.05, 3.63) is 42.0 Å². The molecule has 2 unspecified atom stereocenters. The summed E-state index contributed by atoms with van der Waals surface area (Å²) in [7, 11) is 5.97. The SMILES string of the molecule is [B]N(C(=O)C=C1C2CC3CC1CN(C3)C2)c1ccccc1. The number of carbonyl (C=O) groups excluding carboxylic acids is 1. The van der Waals surface area contributed by atoms with Crippen molar-refractivity contribution < 1.29 is 4.79 Å². The number of hydrogen-bond acceptors (Lipinski definition) is 2. The standard InChI is InChI=1S/C17H19BN2O/c18-20(15-4-2-1-3-5-15)17(21)8-16-13-6-12-7-14(16)11-19(9-12)10-13/h1-5,8,12-14H,6-7,9-11H2. The highest BCUT2D eigenvalue weighted by Crippen LogP contribution is 2.46. The van der Waals surface area contributed by atoms with Crippen LogP contribution >= 0.6 is 0 Å². The Bertz CT molecular complexity index is 554. The van der Waals surface area contributed by atoms with Gasteiger partial charge in [0.1, 0.15) is 0 Å². The number of rotatable bonds is 2. The molecule has 2 atom stereocenters. The van der Waals surface area contributed by atoms with Gasteiger partial charge in [-0.1, -0.05) is 23.8 Å². The van der Waals surface area contributed by atoms with Gasteiger partial charge >= 0.3 is 0 Å². The molecule has 4 fully saturated rings. The number of amides is 1. The van der Waals surface area contributed by atoms with Crippen LogP contribution in [0.3, 0.4) is 0 Å². The molecule has 3 saturated heterocycles. The Balaban J connectivity index is 1.56. The maximum Gasteiger partial charge on any atom is 0.239 e. The highest BCUT2D eigenvalue weighted by molar-refractivity contribution is 6.33. The van der Waals surface area contributed by atoms with Gasteiger partial charge in [-0.15, -0.1) is 0 Å². The topological polar surface area (TPSA) is 23.6 Å². The van der Waals surface area contributed by atoms with Gasteiger partial charge in [-0.25, -0.2) is 0 Å². The molecule has 0 N–H and O–H groups in total. The summed E-state index contributed by atoms with van der Waals surface area (Å²) in [6.07, 6.45) is 4.32. The quantitative estimate of drug-likeness (QED) is 0.610. The third-order valence-electron chi connectivity index (χ3n) is 5.21. The van der Waals surface area contributed by atoms with Gasteiger partial charge in [-0.3, -0.25) is 4.79 Å². The molecule has 3 aliphatic heterocycles. The van der Waals surface area contributed by atoms with E-state index in [0.717, 1.165) is 24.7 Å². The van der Waals surface area contributed by atoms with E-state index in [0.29, 0.717) is 11.8 Å². The van der Waals surface area contributed by atoms with Crippen LogP contribution in [0.4, 0.5) is 5.69 Å². The number of carbonyl (C=O) groups is 1. The molecular weight excluding hydrogens is 259 g/mol. The second kappa shape index (κ2) is 5.02. The summed E-state index contributed by atoms with van der Waals surface area (Å²) >= 11 is 0. The minimum Gasteiger partial charge on any atom is -0.366 e. The van der Waals surface area contributed by atoms with Crippen LogP contribution in [-0.4, -0.2) is 38.4 Å². The Morgan fingerprint density at radius 1 is 1.14 bits per heavy atom. The number of para-hydroxylation sites is 1. The van der Waals surface area contributed by atoms with E-state index in [1.807, 2.05) is 36.4 Å². The number of nitrogens with zero attached hydrogens (tertiary/aromatic N) is 2. The molecule has 1 aromatic rings. The Kier molecular flexibility index (Phi) is 3.14. The third kappa shape index (κ3) is 2.32. The second-order valence-electron chi connectivity index (χ2n) is 6.64. The van der Waals surface area contributed by atoms with Crippen molar-refractivity contribution in [3.8, 4) is 0 Å². The predicted molar refractivity (Wildman–Crippen MR) is 83.9 cm³/mol. The molecule has 4 heteroatoms. The molecule has 4 bridgehead atoms. The van der Waals surface area contributed by atoms with E-state index in [9.17, 15) is 4.79 Å². The fourth-order valence-electron chi connectivity index (χ4n) is 4.39. The molecule has 0 spiro atoms. The smallest absolute Gasteiger partial charge is 0.239 e. The largest absolute Gasteiger partial charge is 0.366 e. The third-order valence-corrected chi connectivity index (χ3v) is 5.21. The van der Waals surface area contributed by atoms with Crippen molar-refractivity contribution >= 4 is 19.6 Å². The van der Waals surface area contributed by atoms with E-state index < -0.39 is 0 Å². The monoisotopic (exact) mass is 278 g/mol. The van der Waals surface area contributed by atoms with Crippen LogP contribution in [0.1, 0.15) is 12.8 Å². The fraction of sp³-hybridized carbons (Fsp3) is 0.471. The first-order valence-corrected chi connectivity index (χ1v) is 7.78. The van der Waals surface area contributed by atoms with Crippen molar-refractivity contribution in [2.75, 3.05) is 24.4 Å². The zero-order valence-electron chi connectivity index (χ0n) is 12.1. The summed E-state index contributed by atoms with van der Waals surface area (Å²) in [5.74, 6) is 1.89. The Morgan fingerprint density at radius 3 is 2.43 bits per heavy atom. The van der Waals surface area contributed by atoms with Crippen LogP contribution in [-0.2, 0) is 4.79 Å². The molecule has 5 rings (SSSR count). The van der Waals surface area contributed by atoms with Gasteiger partial charge in [0.05, 0.1) is 0 Å². The summed E-state index contributed by atoms with van der Waals surface area (Å²) in [5, 5.41) is 0. The van der Waals surface area contributed by atoms with E-state index >= 15 is 0 Å². The molecule has 1 amide bonds. The Morgan fingerprint density at radius 2 is 1.81 bits per heavy atom. The summed E-state index contributed by atoms with van der Waals surface area (Å²) in [6, 6.07) is 9.43. The number of piperidine rings is 3. The average Bonchev–Trinajstić information content (AvgIpc) is 2.50. The molecule has 21 heavy (non-hydrogen) atoms. The first-order chi connectivity index (χ1) is 10.2. The van der Waals surface area contributed by atoms with Crippen LogP contribution in [0, 0.1) is 17.8 Å². The van der Waals surface area contributed by atoms with Crippen molar-refractivity contribution in [3.63, 3.8) is 0 Å². The van der Waals surface area contributed by atoms with Crippen LogP contribution in [0.15, 0.2) is 42.0 Å². The molecule has 1 saturated carbocycles. The Labute approximate surface area is 127 Å². The average molecular weight is 278 g/mol. The highest BCUT2D eigenvalue weighted by Gasteiger charge is 2.44. The van der Waals surface area contributed by atoms with Gasteiger partial charge in [-0.2, -0.15) is 0 Å². The fourth-order valence-corrected chi connectivity index (χ4v) is 4.39. The molecular formula is C17H19BN2O. The van der Waals surface area contributed by atoms with Crippen LogP contribution < -0.4 is 4.81 Å². The Hall–Kier alpha value is -1.55. The molecule has 2 radical (unpaired) electrons. The van der Waals surface area contributed by atoms with Crippen molar-refractivity contribution in [1.29, 1.82) is 0 Å². The normalized spacial score (nSPS) is 33.0. The van der Waals surface area contributed by atoms with E-state index in [-0.39, 0.29) is 5.91 Å². The van der Waals surface area contributed by atoms with Crippen molar-refractivity contribution in [1.82, 2.24) is 4.90 Å². The van der Waals surface area contributed by atoms with Crippen molar-refractivity contribution in [2.45, 2.75) is 12.8 Å². The maximum absolute atomic E-state index is 12.4. The lowest BCUT2D eigenvalue weighted by Crippen LogP contribution is -2.54. The molecule has 3 nitrogen and oxygen atoms in total. The lowest BCUT2D eigenvalue weighted by Gasteiger charge is -2.53. The predicted octanol–water partition coefficient (Wildman–Crippen LogP) is 2.00. The van der Waals surface area contributed by atoms with E-state index in [1.54, 1.807) is 0 Å². The molecule has 4 aliphatic rings. The zero-order valence-corrected chi connectivity index (χ0v) is 12.1. The van der Waals surface area contributed by atoms with Crippen LogP contribution in [0.2, 0.25) is 0 Å². The van der Waals surface area contributed by atoms with Crippen LogP contribution in [0.25, 0.3) is 0 Å². The van der Waals surface area contributed by atoms with Gasteiger partial charge < -0.3 is 9.71 Å². The maximum atomic E-state index is 12.4. The van der Waals surface area contributed by atoms with Crippen molar-refractivity contribution in [2.24, 2.45) is 17.8 Å². The van der Waals surface area contributed by atoms with Gasteiger partial charge in [-0.05, 0) is 42.7 Å². The number of benzene rings is 1. The second-order valence-corrected chi connectivity index (χ2v) is 6.64. The summed E-state index contributed by atoms with van der Waals surface area (Å²) < 4.78 is 0. The highest BCUT2D eigenvalue weighted by atomic mass is 16.2. The zero-order chi connectivity index (χ0) is 14.4. The lowest BCUT2D eigenvalue weighted by atomic mass is 9.65. The summed E-state index contributed by atoms with van der Waals surface area (Å²) in [6.45, 7) is 3.52. The summed E-state index contributed by atoms with van der Waals surface area (Å²) in [4.78, 5) is 16.3.